The molecule has 0 saturated carbocycles. The highest BCUT2D eigenvalue weighted by atomic mass is 16.5. The molecule has 1 aliphatic heterocycles. The summed E-state index contributed by atoms with van der Waals surface area (Å²) in [7, 11) is 0. The Morgan fingerprint density at radius 2 is 2.24 bits per heavy atom. The van der Waals surface area contributed by atoms with E-state index in [1.807, 2.05) is 11.8 Å². The van der Waals surface area contributed by atoms with Gasteiger partial charge < -0.3 is 14.7 Å². The minimum Gasteiger partial charge on any atom is -0.360 e. The van der Waals surface area contributed by atoms with Crippen molar-refractivity contribution in [3.05, 3.63) is 17.0 Å². The zero-order valence-electron chi connectivity index (χ0n) is 12.4. The van der Waals surface area contributed by atoms with E-state index in [-0.39, 0.29) is 17.7 Å². The molecule has 0 spiro atoms. The number of rotatable bonds is 4. The van der Waals surface area contributed by atoms with E-state index in [9.17, 15) is 9.59 Å². The predicted octanol–water partition coefficient (Wildman–Crippen LogP) is 1.15. The van der Waals surface area contributed by atoms with Crippen LogP contribution in [-0.2, 0) is 17.6 Å². The Hall–Kier alpha value is -1.85. The van der Waals surface area contributed by atoms with Gasteiger partial charge in [0.05, 0.1) is 0 Å². The highest BCUT2D eigenvalue weighted by molar-refractivity contribution is 5.93. The first-order chi connectivity index (χ1) is 10.2. The molecule has 2 aliphatic rings. The number of aromatic nitrogens is 1. The minimum absolute atomic E-state index is 0.176. The number of aryl methyl sites for hydroxylation is 1. The Morgan fingerprint density at radius 3 is 3.00 bits per heavy atom. The van der Waals surface area contributed by atoms with Crippen molar-refractivity contribution in [2.75, 3.05) is 19.6 Å². The average molecular weight is 291 g/mol. The van der Waals surface area contributed by atoms with Crippen molar-refractivity contribution >= 4 is 11.8 Å². The summed E-state index contributed by atoms with van der Waals surface area (Å²) in [4.78, 5) is 25.7. The zero-order chi connectivity index (χ0) is 14.8. The van der Waals surface area contributed by atoms with Crippen LogP contribution in [0, 0.1) is 5.92 Å². The van der Waals surface area contributed by atoms with E-state index < -0.39 is 0 Å². The van der Waals surface area contributed by atoms with E-state index in [2.05, 4.69) is 10.5 Å². The van der Waals surface area contributed by atoms with E-state index in [0.717, 1.165) is 50.1 Å². The lowest BCUT2D eigenvalue weighted by molar-refractivity contribution is -0.127. The molecule has 0 radical (unpaired) electrons. The van der Waals surface area contributed by atoms with Gasteiger partial charge in [-0.15, -0.1) is 0 Å². The molecule has 0 bridgehead atoms. The molecule has 1 N–H and O–H groups in total. The molecule has 1 unspecified atom stereocenters. The van der Waals surface area contributed by atoms with Crippen molar-refractivity contribution < 1.29 is 14.1 Å². The third kappa shape index (κ3) is 2.80. The van der Waals surface area contributed by atoms with Crippen LogP contribution < -0.4 is 5.32 Å². The summed E-state index contributed by atoms with van der Waals surface area (Å²) in [6, 6.07) is 0. The number of carbonyl (C=O) groups is 2. The Labute approximate surface area is 123 Å². The van der Waals surface area contributed by atoms with Gasteiger partial charge in [-0.05, 0) is 26.2 Å². The first kappa shape index (κ1) is 14.1. The summed E-state index contributed by atoms with van der Waals surface area (Å²) in [6.07, 6.45) is 4.44. The van der Waals surface area contributed by atoms with Gasteiger partial charge in [-0.3, -0.25) is 9.59 Å². The van der Waals surface area contributed by atoms with E-state index in [4.69, 9.17) is 4.52 Å². The Balaban J connectivity index is 1.58. The molecule has 114 valence electrons. The van der Waals surface area contributed by atoms with Gasteiger partial charge in [0.15, 0.2) is 5.69 Å². The van der Waals surface area contributed by atoms with Gasteiger partial charge >= 0.3 is 0 Å². The van der Waals surface area contributed by atoms with Crippen LogP contribution in [0.15, 0.2) is 4.52 Å². The van der Waals surface area contributed by atoms with Gasteiger partial charge in [0.2, 0.25) is 5.91 Å². The molecule has 21 heavy (non-hydrogen) atoms. The predicted molar refractivity (Wildman–Crippen MR) is 75.8 cm³/mol. The van der Waals surface area contributed by atoms with Crippen molar-refractivity contribution in [3.8, 4) is 0 Å². The zero-order valence-corrected chi connectivity index (χ0v) is 12.4. The summed E-state index contributed by atoms with van der Waals surface area (Å²) in [6.45, 7) is 3.95. The third-order valence-electron chi connectivity index (χ3n) is 4.39. The lowest BCUT2D eigenvalue weighted by atomic mass is 9.96. The second kappa shape index (κ2) is 5.87. The van der Waals surface area contributed by atoms with Crippen molar-refractivity contribution in [2.24, 2.45) is 5.92 Å². The van der Waals surface area contributed by atoms with Gasteiger partial charge in [0.1, 0.15) is 5.76 Å². The van der Waals surface area contributed by atoms with Crippen LogP contribution in [0.5, 0.6) is 0 Å². The molecule has 2 amide bonds. The first-order valence-electron chi connectivity index (χ1n) is 7.72. The van der Waals surface area contributed by atoms with E-state index in [0.29, 0.717) is 18.7 Å². The van der Waals surface area contributed by atoms with Crippen LogP contribution >= 0.6 is 0 Å². The third-order valence-corrected chi connectivity index (χ3v) is 4.39. The monoisotopic (exact) mass is 291 g/mol. The Morgan fingerprint density at radius 1 is 1.43 bits per heavy atom. The summed E-state index contributed by atoms with van der Waals surface area (Å²) in [5.74, 6) is 1.06. The van der Waals surface area contributed by atoms with E-state index >= 15 is 0 Å². The van der Waals surface area contributed by atoms with Crippen LogP contribution in [0.4, 0.5) is 0 Å². The summed E-state index contributed by atoms with van der Waals surface area (Å²) in [5, 5.41) is 6.83. The van der Waals surface area contributed by atoms with E-state index in [1.165, 1.54) is 0 Å². The van der Waals surface area contributed by atoms with Crippen molar-refractivity contribution in [3.63, 3.8) is 0 Å². The summed E-state index contributed by atoms with van der Waals surface area (Å²) < 4.78 is 5.26. The van der Waals surface area contributed by atoms with Crippen molar-refractivity contribution in [2.45, 2.75) is 39.0 Å². The maximum atomic E-state index is 12.2. The summed E-state index contributed by atoms with van der Waals surface area (Å²) in [5.41, 5.74) is 1.40. The molecule has 1 fully saturated rings. The number of nitrogens with zero attached hydrogens (tertiary/aromatic N) is 2. The molecular formula is C15H21N3O3. The lowest BCUT2D eigenvalue weighted by Crippen LogP contribution is -2.32. The molecule has 0 aromatic carbocycles. The van der Waals surface area contributed by atoms with Crippen LogP contribution in [0.1, 0.15) is 48.0 Å². The average Bonchev–Trinajstić information content (AvgIpc) is 3.08. The number of hydrogen-bond donors (Lipinski definition) is 1. The lowest BCUT2D eigenvalue weighted by Gasteiger charge is -2.14. The SMILES string of the molecule is CCN1CC(CNC(=O)c2noc3c2CCCC3)CC1=O. The van der Waals surface area contributed by atoms with Crippen LogP contribution in [0.2, 0.25) is 0 Å². The number of likely N-dealkylation sites (tertiary alicyclic amines) is 1. The fraction of sp³-hybridized carbons (Fsp3) is 0.667. The number of carbonyl (C=O) groups excluding carboxylic acids is 2. The van der Waals surface area contributed by atoms with Gasteiger partial charge in [0, 0.05) is 44.0 Å². The molecule has 1 aromatic rings. The molecule has 6 nitrogen and oxygen atoms in total. The maximum Gasteiger partial charge on any atom is 0.273 e. The molecule has 1 aliphatic carbocycles. The molecule has 2 heterocycles. The van der Waals surface area contributed by atoms with Crippen LogP contribution in [-0.4, -0.2) is 41.5 Å². The number of fused-ring (bicyclic) bond motifs is 1. The van der Waals surface area contributed by atoms with Gasteiger partial charge in [-0.2, -0.15) is 0 Å². The molecule has 1 saturated heterocycles. The molecule has 3 rings (SSSR count). The number of nitrogens with one attached hydrogen (secondary N) is 1. The van der Waals surface area contributed by atoms with Crippen LogP contribution in [0.25, 0.3) is 0 Å². The van der Waals surface area contributed by atoms with Crippen molar-refractivity contribution in [1.29, 1.82) is 0 Å². The minimum atomic E-state index is -0.177. The largest absolute Gasteiger partial charge is 0.360 e. The highest BCUT2D eigenvalue weighted by Crippen LogP contribution is 2.24. The molecular weight excluding hydrogens is 270 g/mol. The second-order valence-electron chi connectivity index (χ2n) is 5.85. The van der Waals surface area contributed by atoms with Gasteiger partial charge in [-0.1, -0.05) is 5.16 Å². The normalized spacial score (nSPS) is 21.5. The molecule has 1 atom stereocenters. The number of amides is 2. The quantitative estimate of drug-likeness (QED) is 0.903. The fourth-order valence-electron chi connectivity index (χ4n) is 3.18. The standard InChI is InChI=1S/C15H21N3O3/c1-2-18-9-10(7-13(18)19)8-16-15(20)14-11-5-3-4-6-12(11)21-17-14/h10H,2-9H2,1H3,(H,16,20). The van der Waals surface area contributed by atoms with Crippen LogP contribution in [0.3, 0.4) is 0 Å². The first-order valence-corrected chi connectivity index (χ1v) is 7.72. The molecule has 1 aromatic heterocycles. The Kier molecular flexibility index (Phi) is 3.94. The van der Waals surface area contributed by atoms with Gasteiger partial charge in [-0.25, -0.2) is 0 Å². The topological polar surface area (TPSA) is 75.4 Å². The van der Waals surface area contributed by atoms with Gasteiger partial charge in [0.25, 0.3) is 5.91 Å². The number of hydrogen-bond acceptors (Lipinski definition) is 4. The summed E-state index contributed by atoms with van der Waals surface area (Å²) >= 11 is 0. The molecule has 6 heteroatoms. The Bertz CT molecular complexity index is 552. The van der Waals surface area contributed by atoms with Crippen molar-refractivity contribution in [1.82, 2.24) is 15.4 Å². The van der Waals surface area contributed by atoms with E-state index in [1.54, 1.807) is 0 Å². The fourth-order valence-corrected chi connectivity index (χ4v) is 3.18. The second-order valence-corrected chi connectivity index (χ2v) is 5.85. The smallest absolute Gasteiger partial charge is 0.273 e. The highest BCUT2D eigenvalue weighted by Gasteiger charge is 2.29. The maximum absolute atomic E-state index is 12.2.